The van der Waals surface area contributed by atoms with Crippen molar-refractivity contribution in [3.63, 3.8) is 0 Å². The molecule has 0 radical (unpaired) electrons. The SMILES string of the molecule is COc1ccccc1CCC(=O)NCC(=O)Nc1c(C)cccc1C. The van der Waals surface area contributed by atoms with Crippen molar-refractivity contribution in [2.45, 2.75) is 26.7 Å². The van der Waals surface area contributed by atoms with Gasteiger partial charge < -0.3 is 15.4 Å². The largest absolute Gasteiger partial charge is 0.496 e. The van der Waals surface area contributed by atoms with E-state index in [2.05, 4.69) is 10.6 Å². The number of benzene rings is 2. The molecule has 2 rings (SSSR count). The highest BCUT2D eigenvalue weighted by Crippen LogP contribution is 2.19. The van der Waals surface area contributed by atoms with Crippen LogP contribution in [0.25, 0.3) is 0 Å². The van der Waals surface area contributed by atoms with Gasteiger partial charge in [-0.3, -0.25) is 9.59 Å². The lowest BCUT2D eigenvalue weighted by atomic mass is 10.1. The first-order chi connectivity index (χ1) is 12.0. The highest BCUT2D eigenvalue weighted by atomic mass is 16.5. The van der Waals surface area contributed by atoms with Crippen LogP contribution in [-0.2, 0) is 16.0 Å². The Kier molecular flexibility index (Phi) is 6.57. The Hall–Kier alpha value is -2.82. The summed E-state index contributed by atoms with van der Waals surface area (Å²) in [6, 6.07) is 13.4. The summed E-state index contributed by atoms with van der Waals surface area (Å²) in [6.45, 7) is 3.83. The zero-order chi connectivity index (χ0) is 18.2. The number of hydrogen-bond donors (Lipinski definition) is 2. The third-order valence-corrected chi connectivity index (χ3v) is 4.01. The Morgan fingerprint density at radius 3 is 2.32 bits per heavy atom. The summed E-state index contributed by atoms with van der Waals surface area (Å²) in [5, 5.41) is 5.51. The van der Waals surface area contributed by atoms with Gasteiger partial charge in [0, 0.05) is 12.1 Å². The van der Waals surface area contributed by atoms with E-state index in [0.29, 0.717) is 12.8 Å². The van der Waals surface area contributed by atoms with Crippen LogP contribution in [-0.4, -0.2) is 25.5 Å². The molecule has 0 aromatic heterocycles. The maximum absolute atomic E-state index is 12.1. The number of rotatable bonds is 7. The van der Waals surface area contributed by atoms with Crippen molar-refractivity contribution in [1.82, 2.24) is 5.32 Å². The molecule has 2 aromatic rings. The smallest absolute Gasteiger partial charge is 0.243 e. The lowest BCUT2D eigenvalue weighted by molar-refractivity contribution is -0.124. The summed E-state index contributed by atoms with van der Waals surface area (Å²) < 4.78 is 5.27. The van der Waals surface area contributed by atoms with Crippen LogP contribution >= 0.6 is 0 Å². The Bertz CT molecular complexity index is 736. The van der Waals surface area contributed by atoms with Crippen LogP contribution in [0.15, 0.2) is 42.5 Å². The van der Waals surface area contributed by atoms with Gasteiger partial charge in [-0.1, -0.05) is 36.4 Å². The second-order valence-corrected chi connectivity index (χ2v) is 5.90. The van der Waals surface area contributed by atoms with Gasteiger partial charge in [-0.25, -0.2) is 0 Å². The Morgan fingerprint density at radius 1 is 0.960 bits per heavy atom. The van der Waals surface area contributed by atoms with Crippen LogP contribution in [0.4, 0.5) is 5.69 Å². The molecule has 0 spiro atoms. The normalized spacial score (nSPS) is 10.2. The van der Waals surface area contributed by atoms with E-state index in [1.165, 1.54) is 0 Å². The number of nitrogens with one attached hydrogen (secondary N) is 2. The van der Waals surface area contributed by atoms with E-state index in [1.807, 2.05) is 56.3 Å². The van der Waals surface area contributed by atoms with Crippen molar-refractivity contribution in [2.24, 2.45) is 0 Å². The second kappa shape index (κ2) is 8.87. The van der Waals surface area contributed by atoms with Gasteiger partial charge in [-0.2, -0.15) is 0 Å². The molecular weight excluding hydrogens is 316 g/mol. The Labute approximate surface area is 148 Å². The van der Waals surface area contributed by atoms with Gasteiger partial charge in [0.1, 0.15) is 5.75 Å². The fraction of sp³-hybridized carbons (Fsp3) is 0.300. The van der Waals surface area contributed by atoms with Gasteiger partial charge in [0.25, 0.3) is 0 Å². The Morgan fingerprint density at radius 2 is 1.64 bits per heavy atom. The van der Waals surface area contributed by atoms with Gasteiger partial charge in [-0.15, -0.1) is 0 Å². The fourth-order valence-corrected chi connectivity index (χ4v) is 2.62. The molecule has 2 aromatic carbocycles. The van der Waals surface area contributed by atoms with Crippen LogP contribution in [0.1, 0.15) is 23.1 Å². The van der Waals surface area contributed by atoms with E-state index in [9.17, 15) is 9.59 Å². The average molecular weight is 340 g/mol. The number of aryl methyl sites for hydroxylation is 3. The van der Waals surface area contributed by atoms with Crippen LogP contribution in [0.2, 0.25) is 0 Å². The predicted octanol–water partition coefficient (Wildman–Crippen LogP) is 3.00. The average Bonchev–Trinajstić information content (AvgIpc) is 2.61. The topological polar surface area (TPSA) is 67.4 Å². The van der Waals surface area contributed by atoms with Gasteiger partial charge in [-0.05, 0) is 43.0 Å². The molecule has 5 nitrogen and oxygen atoms in total. The number of anilines is 1. The van der Waals surface area contributed by atoms with Crippen molar-refractivity contribution in [3.8, 4) is 5.75 Å². The zero-order valence-electron chi connectivity index (χ0n) is 14.9. The van der Waals surface area contributed by atoms with E-state index in [4.69, 9.17) is 4.74 Å². The molecule has 0 heterocycles. The first kappa shape index (κ1) is 18.5. The highest BCUT2D eigenvalue weighted by Gasteiger charge is 2.10. The van der Waals surface area contributed by atoms with Gasteiger partial charge in [0.05, 0.1) is 13.7 Å². The van der Waals surface area contributed by atoms with Crippen molar-refractivity contribution in [3.05, 3.63) is 59.2 Å². The summed E-state index contributed by atoms with van der Waals surface area (Å²) in [7, 11) is 1.61. The van der Waals surface area contributed by atoms with Crippen molar-refractivity contribution < 1.29 is 14.3 Å². The number of ether oxygens (including phenoxy) is 1. The molecule has 0 fully saturated rings. The van der Waals surface area contributed by atoms with Gasteiger partial charge in [0.2, 0.25) is 11.8 Å². The molecule has 0 unspecified atom stereocenters. The number of methoxy groups -OCH3 is 1. The predicted molar refractivity (Wildman–Crippen MR) is 98.9 cm³/mol. The summed E-state index contributed by atoms with van der Waals surface area (Å²) in [4.78, 5) is 24.0. The maximum Gasteiger partial charge on any atom is 0.243 e. The van der Waals surface area contributed by atoms with Crippen LogP contribution in [0.3, 0.4) is 0 Å². The third-order valence-electron chi connectivity index (χ3n) is 4.01. The minimum Gasteiger partial charge on any atom is -0.496 e. The summed E-state index contributed by atoms with van der Waals surface area (Å²) in [5.74, 6) is 0.369. The van der Waals surface area contributed by atoms with Crippen molar-refractivity contribution >= 4 is 17.5 Å². The molecule has 25 heavy (non-hydrogen) atoms. The number of amides is 2. The lowest BCUT2D eigenvalue weighted by Gasteiger charge is -2.12. The molecule has 132 valence electrons. The number of carbonyl (C=O) groups excluding carboxylic acids is 2. The molecule has 0 aliphatic heterocycles. The van der Waals surface area contributed by atoms with Gasteiger partial charge in [0.15, 0.2) is 0 Å². The molecule has 2 amide bonds. The molecule has 0 aliphatic rings. The Balaban J connectivity index is 1.80. The van der Waals surface area contributed by atoms with Crippen LogP contribution in [0.5, 0.6) is 5.75 Å². The van der Waals surface area contributed by atoms with E-state index in [1.54, 1.807) is 7.11 Å². The molecular formula is C20H24N2O3. The quantitative estimate of drug-likeness (QED) is 0.814. The zero-order valence-corrected chi connectivity index (χ0v) is 14.9. The molecule has 2 N–H and O–H groups in total. The molecule has 0 saturated carbocycles. The van der Waals surface area contributed by atoms with E-state index in [0.717, 1.165) is 28.1 Å². The van der Waals surface area contributed by atoms with Crippen LogP contribution < -0.4 is 15.4 Å². The van der Waals surface area contributed by atoms with E-state index in [-0.39, 0.29) is 18.4 Å². The maximum atomic E-state index is 12.1. The lowest BCUT2D eigenvalue weighted by Crippen LogP contribution is -2.33. The minimum atomic E-state index is -0.233. The number of hydrogen-bond acceptors (Lipinski definition) is 3. The summed E-state index contributed by atoms with van der Waals surface area (Å²) in [6.07, 6.45) is 0.866. The minimum absolute atomic E-state index is 0.0431. The second-order valence-electron chi connectivity index (χ2n) is 5.90. The first-order valence-electron chi connectivity index (χ1n) is 8.26. The highest BCUT2D eigenvalue weighted by molar-refractivity contribution is 5.95. The van der Waals surface area contributed by atoms with Gasteiger partial charge >= 0.3 is 0 Å². The molecule has 0 atom stereocenters. The molecule has 0 saturated heterocycles. The van der Waals surface area contributed by atoms with E-state index >= 15 is 0 Å². The monoisotopic (exact) mass is 340 g/mol. The number of para-hydroxylation sites is 2. The first-order valence-corrected chi connectivity index (χ1v) is 8.26. The molecule has 5 heteroatoms. The van der Waals surface area contributed by atoms with Crippen molar-refractivity contribution in [1.29, 1.82) is 0 Å². The fourth-order valence-electron chi connectivity index (χ4n) is 2.62. The summed E-state index contributed by atoms with van der Waals surface area (Å²) >= 11 is 0. The van der Waals surface area contributed by atoms with Crippen LogP contribution in [0, 0.1) is 13.8 Å². The standard InChI is InChI=1S/C20H24N2O3/c1-14-7-6-8-15(2)20(14)22-19(24)13-21-18(23)12-11-16-9-4-5-10-17(16)25-3/h4-10H,11-13H2,1-3H3,(H,21,23)(H,22,24). The van der Waals surface area contributed by atoms with E-state index < -0.39 is 0 Å². The number of carbonyl (C=O) groups is 2. The third kappa shape index (κ3) is 5.35. The molecule has 0 bridgehead atoms. The summed E-state index contributed by atoms with van der Waals surface area (Å²) in [5.41, 5.74) is 3.77. The van der Waals surface area contributed by atoms with Crippen molar-refractivity contribution in [2.75, 3.05) is 19.0 Å². The molecule has 0 aliphatic carbocycles.